The molecule has 1 aliphatic rings. The van der Waals surface area contributed by atoms with Gasteiger partial charge in [0, 0.05) is 21.9 Å². The third kappa shape index (κ3) is 4.31. The Kier molecular flexibility index (Phi) is 5.72. The van der Waals surface area contributed by atoms with Crippen LogP contribution in [0.3, 0.4) is 0 Å². The molecule has 0 bridgehead atoms. The predicted octanol–water partition coefficient (Wildman–Crippen LogP) is 4.56. The van der Waals surface area contributed by atoms with Gasteiger partial charge < -0.3 is 19.4 Å². The molecule has 30 heavy (non-hydrogen) atoms. The Labute approximate surface area is 182 Å². The summed E-state index contributed by atoms with van der Waals surface area (Å²) in [7, 11) is 1.54. The number of carbonyl (C=O) groups is 2. The zero-order valence-electron chi connectivity index (χ0n) is 16.2. The first-order valence-electron chi connectivity index (χ1n) is 9.30. The maximum absolute atomic E-state index is 12.4. The summed E-state index contributed by atoms with van der Waals surface area (Å²) in [5.74, 6) is 0.702. The van der Waals surface area contributed by atoms with Crippen LogP contribution in [0.1, 0.15) is 16.1 Å². The van der Waals surface area contributed by atoms with Gasteiger partial charge in [-0.2, -0.15) is 0 Å². The van der Waals surface area contributed by atoms with E-state index >= 15 is 0 Å². The maximum atomic E-state index is 12.4. The molecule has 6 nitrogen and oxygen atoms in total. The minimum atomic E-state index is -0.274. The SMILES string of the molecule is COc1cc(/C=C2\Cn3cccc3C2=O)ccc1OCC(=O)Nc1ccc(Br)cc1. The largest absolute Gasteiger partial charge is 0.493 e. The number of carbonyl (C=O) groups excluding carboxylic acids is 2. The second-order valence-electron chi connectivity index (χ2n) is 6.77. The Morgan fingerprint density at radius 1 is 1.17 bits per heavy atom. The van der Waals surface area contributed by atoms with E-state index in [4.69, 9.17) is 9.47 Å². The van der Waals surface area contributed by atoms with Gasteiger partial charge in [-0.15, -0.1) is 0 Å². The number of ether oxygens (including phenoxy) is 2. The zero-order chi connectivity index (χ0) is 21.1. The summed E-state index contributed by atoms with van der Waals surface area (Å²) in [6.45, 7) is 0.402. The van der Waals surface area contributed by atoms with Gasteiger partial charge in [0.2, 0.25) is 5.78 Å². The minimum Gasteiger partial charge on any atom is -0.493 e. The number of aromatic nitrogens is 1. The molecule has 2 aromatic carbocycles. The van der Waals surface area contributed by atoms with Crippen molar-refractivity contribution in [1.82, 2.24) is 4.57 Å². The lowest BCUT2D eigenvalue weighted by Crippen LogP contribution is -2.20. The average molecular weight is 467 g/mol. The highest BCUT2D eigenvalue weighted by atomic mass is 79.9. The lowest BCUT2D eigenvalue weighted by Gasteiger charge is -2.12. The molecule has 152 valence electrons. The molecule has 1 aliphatic heterocycles. The van der Waals surface area contributed by atoms with E-state index in [-0.39, 0.29) is 18.3 Å². The van der Waals surface area contributed by atoms with Crippen LogP contribution in [-0.4, -0.2) is 30.0 Å². The second kappa shape index (κ2) is 8.59. The van der Waals surface area contributed by atoms with Gasteiger partial charge in [0.05, 0.1) is 19.3 Å². The van der Waals surface area contributed by atoms with Crippen molar-refractivity contribution >= 4 is 39.4 Å². The summed E-state index contributed by atoms with van der Waals surface area (Å²) in [6, 6.07) is 16.3. The molecule has 1 aromatic heterocycles. The molecule has 0 saturated carbocycles. The quantitative estimate of drug-likeness (QED) is 0.540. The van der Waals surface area contributed by atoms with Crippen molar-refractivity contribution in [3.63, 3.8) is 0 Å². The number of anilines is 1. The highest BCUT2D eigenvalue weighted by Gasteiger charge is 2.23. The van der Waals surface area contributed by atoms with Gasteiger partial charge in [-0.3, -0.25) is 9.59 Å². The topological polar surface area (TPSA) is 69.6 Å². The van der Waals surface area contributed by atoms with Gasteiger partial charge in [0.1, 0.15) is 0 Å². The fraction of sp³-hybridized carbons (Fsp3) is 0.130. The predicted molar refractivity (Wildman–Crippen MR) is 118 cm³/mol. The summed E-state index contributed by atoms with van der Waals surface area (Å²) < 4.78 is 13.9. The van der Waals surface area contributed by atoms with E-state index in [1.807, 2.05) is 47.2 Å². The second-order valence-corrected chi connectivity index (χ2v) is 7.69. The Balaban J connectivity index is 1.42. The van der Waals surface area contributed by atoms with Crippen LogP contribution in [0, 0.1) is 0 Å². The summed E-state index contributed by atoms with van der Waals surface area (Å²) in [4.78, 5) is 24.6. The van der Waals surface area contributed by atoms with E-state index in [1.165, 1.54) is 7.11 Å². The van der Waals surface area contributed by atoms with E-state index in [1.54, 1.807) is 24.3 Å². The molecule has 1 N–H and O–H groups in total. The van der Waals surface area contributed by atoms with Crippen LogP contribution in [-0.2, 0) is 11.3 Å². The van der Waals surface area contributed by atoms with E-state index in [9.17, 15) is 9.59 Å². The molecule has 0 aliphatic carbocycles. The Bertz CT molecular complexity index is 1130. The van der Waals surface area contributed by atoms with Crippen molar-refractivity contribution in [2.45, 2.75) is 6.54 Å². The van der Waals surface area contributed by atoms with E-state index < -0.39 is 0 Å². The van der Waals surface area contributed by atoms with Gasteiger partial charge >= 0.3 is 0 Å². The molecule has 0 fully saturated rings. The number of halogens is 1. The normalized spacial score (nSPS) is 13.9. The molecule has 0 saturated heterocycles. The van der Waals surface area contributed by atoms with Crippen LogP contribution in [0.5, 0.6) is 11.5 Å². The van der Waals surface area contributed by atoms with Gasteiger partial charge in [0.15, 0.2) is 18.1 Å². The first-order chi connectivity index (χ1) is 14.5. The number of Topliss-reactive ketones (excluding diaryl/α,β-unsaturated/α-hetero) is 1. The number of hydrogen-bond acceptors (Lipinski definition) is 4. The van der Waals surface area contributed by atoms with Crippen molar-refractivity contribution in [2.75, 3.05) is 19.0 Å². The first kappa shape index (κ1) is 20.0. The van der Waals surface area contributed by atoms with Crippen LogP contribution < -0.4 is 14.8 Å². The van der Waals surface area contributed by atoms with Crippen molar-refractivity contribution < 1.29 is 19.1 Å². The Morgan fingerprint density at radius 2 is 1.97 bits per heavy atom. The van der Waals surface area contributed by atoms with Crippen LogP contribution in [0.25, 0.3) is 6.08 Å². The molecular weight excluding hydrogens is 448 g/mol. The monoisotopic (exact) mass is 466 g/mol. The van der Waals surface area contributed by atoms with Crippen LogP contribution in [0.2, 0.25) is 0 Å². The molecule has 7 heteroatoms. The number of hydrogen-bond donors (Lipinski definition) is 1. The fourth-order valence-corrected chi connectivity index (χ4v) is 3.52. The molecular formula is C23H19BrN2O4. The summed E-state index contributed by atoms with van der Waals surface area (Å²) >= 11 is 3.36. The van der Waals surface area contributed by atoms with Crippen molar-refractivity contribution in [3.8, 4) is 11.5 Å². The number of nitrogens with one attached hydrogen (secondary N) is 1. The maximum Gasteiger partial charge on any atom is 0.262 e. The summed E-state index contributed by atoms with van der Waals surface area (Å²) in [5, 5.41) is 2.77. The lowest BCUT2D eigenvalue weighted by atomic mass is 10.1. The average Bonchev–Trinajstić information content (AvgIpc) is 3.32. The number of nitrogens with zero attached hydrogens (tertiary/aromatic N) is 1. The number of fused-ring (bicyclic) bond motifs is 1. The van der Waals surface area contributed by atoms with Crippen LogP contribution >= 0.6 is 15.9 Å². The number of amides is 1. The van der Waals surface area contributed by atoms with Gasteiger partial charge in [-0.05, 0) is 60.2 Å². The minimum absolute atomic E-state index is 0.0314. The molecule has 0 radical (unpaired) electrons. The number of rotatable bonds is 6. The molecule has 0 atom stereocenters. The Hall–Kier alpha value is -3.32. The van der Waals surface area contributed by atoms with E-state index in [0.717, 1.165) is 15.6 Å². The lowest BCUT2D eigenvalue weighted by molar-refractivity contribution is -0.118. The van der Waals surface area contributed by atoms with Crippen LogP contribution in [0.15, 0.2) is 70.8 Å². The summed E-state index contributed by atoms with van der Waals surface area (Å²) in [6.07, 6.45) is 3.74. The first-order valence-corrected chi connectivity index (χ1v) is 10.1. The van der Waals surface area contributed by atoms with E-state index in [2.05, 4.69) is 21.2 Å². The van der Waals surface area contributed by atoms with E-state index in [0.29, 0.717) is 29.4 Å². The Morgan fingerprint density at radius 3 is 2.70 bits per heavy atom. The number of ketones is 1. The third-order valence-electron chi connectivity index (χ3n) is 4.71. The van der Waals surface area contributed by atoms with Gasteiger partial charge in [-0.25, -0.2) is 0 Å². The number of benzene rings is 2. The molecule has 1 amide bonds. The number of allylic oxidation sites excluding steroid dienone is 1. The standard InChI is InChI=1S/C23H19BrN2O4/c1-29-21-12-15(11-16-13-26-10-2-3-19(26)23(16)28)4-9-20(21)30-14-22(27)25-18-7-5-17(24)6-8-18/h2-12H,13-14H2,1H3,(H,25,27)/b16-11+. The summed E-state index contributed by atoms with van der Waals surface area (Å²) in [5.41, 5.74) is 2.93. The highest BCUT2D eigenvalue weighted by molar-refractivity contribution is 9.10. The molecule has 2 heterocycles. The fourth-order valence-electron chi connectivity index (χ4n) is 3.26. The van der Waals surface area contributed by atoms with Gasteiger partial charge in [0.25, 0.3) is 5.91 Å². The van der Waals surface area contributed by atoms with Crippen molar-refractivity contribution in [3.05, 3.63) is 82.1 Å². The third-order valence-corrected chi connectivity index (χ3v) is 5.24. The molecule has 0 spiro atoms. The van der Waals surface area contributed by atoms with Crippen molar-refractivity contribution in [2.24, 2.45) is 0 Å². The molecule has 3 aromatic rings. The number of methoxy groups -OCH3 is 1. The van der Waals surface area contributed by atoms with Crippen LogP contribution in [0.4, 0.5) is 5.69 Å². The van der Waals surface area contributed by atoms with Crippen molar-refractivity contribution in [1.29, 1.82) is 0 Å². The highest BCUT2D eigenvalue weighted by Crippen LogP contribution is 2.30. The molecule has 4 rings (SSSR count). The zero-order valence-corrected chi connectivity index (χ0v) is 17.8. The molecule has 0 unspecified atom stereocenters. The van der Waals surface area contributed by atoms with Gasteiger partial charge in [-0.1, -0.05) is 22.0 Å². The smallest absolute Gasteiger partial charge is 0.262 e.